The third-order valence-electron chi connectivity index (χ3n) is 4.13. The van der Waals surface area contributed by atoms with Crippen LogP contribution in [-0.4, -0.2) is 37.0 Å². The molecule has 104 valence electrons. The van der Waals surface area contributed by atoms with Crippen molar-refractivity contribution in [2.45, 2.75) is 12.8 Å². The van der Waals surface area contributed by atoms with Gasteiger partial charge in [-0.25, -0.2) is 0 Å². The summed E-state index contributed by atoms with van der Waals surface area (Å²) in [6.45, 7) is 2.97. The molecule has 1 saturated carbocycles. The Balaban J connectivity index is 1.61. The molecule has 20 heavy (non-hydrogen) atoms. The summed E-state index contributed by atoms with van der Waals surface area (Å²) in [4.78, 5) is 16.3. The van der Waals surface area contributed by atoms with E-state index < -0.39 is 5.41 Å². The second kappa shape index (κ2) is 4.99. The molecule has 2 aliphatic rings. The van der Waals surface area contributed by atoms with Crippen molar-refractivity contribution in [2.24, 2.45) is 5.41 Å². The number of nitriles is 1. The first kappa shape index (κ1) is 13.3. The van der Waals surface area contributed by atoms with E-state index >= 15 is 0 Å². The van der Waals surface area contributed by atoms with Crippen molar-refractivity contribution in [2.75, 3.05) is 31.1 Å². The molecule has 4 nitrogen and oxygen atoms in total. The topological polar surface area (TPSA) is 47.3 Å². The summed E-state index contributed by atoms with van der Waals surface area (Å²) in [5.41, 5.74) is 0.436. The fourth-order valence-corrected chi connectivity index (χ4v) is 2.75. The van der Waals surface area contributed by atoms with E-state index in [4.69, 9.17) is 16.9 Å². The third-order valence-corrected chi connectivity index (χ3v) is 4.38. The molecule has 1 heterocycles. The highest BCUT2D eigenvalue weighted by molar-refractivity contribution is 6.30. The van der Waals surface area contributed by atoms with E-state index in [1.807, 2.05) is 29.2 Å². The Hall–Kier alpha value is -1.73. The van der Waals surface area contributed by atoms with Gasteiger partial charge in [-0.2, -0.15) is 5.26 Å². The largest absolute Gasteiger partial charge is 0.368 e. The average molecular weight is 290 g/mol. The second-order valence-corrected chi connectivity index (χ2v) is 5.89. The van der Waals surface area contributed by atoms with Gasteiger partial charge >= 0.3 is 0 Å². The molecule has 2 fully saturated rings. The van der Waals surface area contributed by atoms with Gasteiger partial charge < -0.3 is 9.80 Å². The van der Waals surface area contributed by atoms with Crippen LogP contribution >= 0.6 is 11.6 Å². The Bertz CT molecular complexity index is 551. The van der Waals surface area contributed by atoms with E-state index in [1.165, 1.54) is 0 Å². The maximum absolute atomic E-state index is 12.3. The summed E-state index contributed by atoms with van der Waals surface area (Å²) in [6, 6.07) is 9.93. The van der Waals surface area contributed by atoms with Crippen LogP contribution in [0.15, 0.2) is 24.3 Å². The highest BCUT2D eigenvalue weighted by Gasteiger charge is 2.52. The quantitative estimate of drug-likeness (QED) is 0.839. The first-order valence-corrected chi connectivity index (χ1v) is 7.24. The van der Waals surface area contributed by atoms with E-state index in [0.29, 0.717) is 13.1 Å². The molecule has 1 aromatic rings. The van der Waals surface area contributed by atoms with Crippen LogP contribution in [0.3, 0.4) is 0 Å². The van der Waals surface area contributed by atoms with Crippen LogP contribution in [0.1, 0.15) is 12.8 Å². The van der Waals surface area contributed by atoms with Crippen molar-refractivity contribution in [3.63, 3.8) is 0 Å². The Morgan fingerprint density at radius 2 is 1.75 bits per heavy atom. The first-order valence-electron chi connectivity index (χ1n) is 6.86. The number of benzene rings is 1. The minimum Gasteiger partial charge on any atom is -0.368 e. The number of carbonyl (C=O) groups is 1. The lowest BCUT2D eigenvalue weighted by molar-refractivity contribution is -0.135. The molecule has 1 saturated heterocycles. The van der Waals surface area contributed by atoms with Crippen LogP contribution in [0.2, 0.25) is 5.02 Å². The number of carbonyl (C=O) groups excluding carboxylic acids is 1. The van der Waals surface area contributed by atoms with E-state index in [0.717, 1.165) is 36.6 Å². The molecule has 0 N–H and O–H groups in total. The molecule has 1 aromatic carbocycles. The summed E-state index contributed by atoms with van der Waals surface area (Å²) in [5, 5.41) is 9.82. The molecule has 1 aliphatic carbocycles. The molecule has 1 amide bonds. The lowest BCUT2D eigenvalue weighted by Gasteiger charge is -2.37. The number of piperazine rings is 1. The number of rotatable bonds is 2. The van der Waals surface area contributed by atoms with Crippen LogP contribution in [0, 0.1) is 16.7 Å². The lowest BCUT2D eigenvalue weighted by Crippen LogP contribution is -2.50. The molecule has 0 aromatic heterocycles. The number of hydrogen-bond donors (Lipinski definition) is 0. The smallest absolute Gasteiger partial charge is 0.243 e. The average Bonchev–Trinajstić information content (AvgIpc) is 3.29. The summed E-state index contributed by atoms with van der Waals surface area (Å²) in [7, 11) is 0. The Labute approximate surface area is 123 Å². The minimum atomic E-state index is -0.692. The predicted molar refractivity (Wildman–Crippen MR) is 77.5 cm³/mol. The van der Waals surface area contributed by atoms with Gasteiger partial charge in [-0.05, 0) is 37.1 Å². The van der Waals surface area contributed by atoms with Crippen LogP contribution in [0.4, 0.5) is 5.69 Å². The van der Waals surface area contributed by atoms with Crippen molar-refractivity contribution in [1.29, 1.82) is 5.26 Å². The highest BCUT2D eigenvalue weighted by atomic mass is 35.5. The Kier molecular flexibility index (Phi) is 3.31. The normalized spacial score (nSPS) is 20.4. The van der Waals surface area contributed by atoms with Gasteiger partial charge in [0.25, 0.3) is 0 Å². The molecule has 0 atom stereocenters. The fourth-order valence-electron chi connectivity index (χ4n) is 2.62. The zero-order valence-corrected chi connectivity index (χ0v) is 11.9. The van der Waals surface area contributed by atoms with E-state index in [9.17, 15) is 4.79 Å². The molecule has 1 aliphatic heterocycles. The summed E-state index contributed by atoms with van der Waals surface area (Å²) in [5.74, 6) is 0.0238. The molecule has 0 radical (unpaired) electrons. The van der Waals surface area contributed by atoms with Crippen LogP contribution in [-0.2, 0) is 4.79 Å². The molecule has 0 bridgehead atoms. The monoisotopic (exact) mass is 289 g/mol. The minimum absolute atomic E-state index is 0.0238. The summed E-state index contributed by atoms with van der Waals surface area (Å²) in [6.07, 6.45) is 1.44. The SMILES string of the molecule is N#CC1(C(=O)N2CCN(c3ccc(Cl)cc3)CC2)CC1. The van der Waals surface area contributed by atoms with Gasteiger partial charge in [0.1, 0.15) is 5.41 Å². The summed E-state index contributed by atoms with van der Waals surface area (Å²) >= 11 is 5.89. The van der Waals surface area contributed by atoms with Crippen molar-refractivity contribution in [3.05, 3.63) is 29.3 Å². The van der Waals surface area contributed by atoms with E-state index in [1.54, 1.807) is 0 Å². The van der Waals surface area contributed by atoms with Gasteiger partial charge in [-0.3, -0.25) is 4.79 Å². The maximum Gasteiger partial charge on any atom is 0.243 e. The number of amides is 1. The lowest BCUT2D eigenvalue weighted by atomic mass is 10.1. The van der Waals surface area contributed by atoms with Gasteiger partial charge in [-0.1, -0.05) is 11.6 Å². The molecular weight excluding hydrogens is 274 g/mol. The Morgan fingerprint density at radius 3 is 2.25 bits per heavy atom. The highest BCUT2D eigenvalue weighted by Crippen LogP contribution is 2.46. The molecule has 0 spiro atoms. The van der Waals surface area contributed by atoms with Crippen LogP contribution < -0.4 is 4.90 Å². The third kappa shape index (κ3) is 2.34. The van der Waals surface area contributed by atoms with Crippen LogP contribution in [0.25, 0.3) is 0 Å². The first-order chi connectivity index (χ1) is 9.64. The number of anilines is 1. The van der Waals surface area contributed by atoms with Crippen molar-refractivity contribution in [1.82, 2.24) is 4.90 Å². The number of halogens is 1. The fraction of sp³-hybridized carbons (Fsp3) is 0.467. The maximum atomic E-state index is 12.3. The Morgan fingerprint density at radius 1 is 1.15 bits per heavy atom. The van der Waals surface area contributed by atoms with Gasteiger partial charge in [-0.15, -0.1) is 0 Å². The standard InChI is InChI=1S/C15H16ClN3O/c16-12-1-3-13(4-2-12)18-7-9-19(10-8-18)14(20)15(11-17)5-6-15/h1-4H,5-10H2. The van der Waals surface area contributed by atoms with E-state index in [2.05, 4.69) is 11.0 Å². The van der Waals surface area contributed by atoms with Crippen molar-refractivity contribution < 1.29 is 4.79 Å². The van der Waals surface area contributed by atoms with Gasteiger partial charge in [0.15, 0.2) is 0 Å². The van der Waals surface area contributed by atoms with Gasteiger partial charge in [0.2, 0.25) is 5.91 Å². The molecule has 5 heteroatoms. The number of nitrogens with zero attached hydrogens (tertiary/aromatic N) is 3. The molecule has 3 rings (SSSR count). The predicted octanol–water partition coefficient (Wildman–Crippen LogP) is 2.29. The van der Waals surface area contributed by atoms with Gasteiger partial charge in [0, 0.05) is 36.9 Å². The second-order valence-electron chi connectivity index (χ2n) is 5.45. The zero-order chi connectivity index (χ0) is 14.2. The molecular formula is C15H16ClN3O. The summed E-state index contributed by atoms with van der Waals surface area (Å²) < 4.78 is 0. The van der Waals surface area contributed by atoms with Crippen molar-refractivity contribution >= 4 is 23.2 Å². The van der Waals surface area contributed by atoms with Crippen molar-refractivity contribution in [3.8, 4) is 6.07 Å². The van der Waals surface area contributed by atoms with Crippen LogP contribution in [0.5, 0.6) is 0 Å². The van der Waals surface area contributed by atoms with Gasteiger partial charge in [0.05, 0.1) is 6.07 Å². The van der Waals surface area contributed by atoms with E-state index in [-0.39, 0.29) is 5.91 Å². The number of hydrogen-bond acceptors (Lipinski definition) is 3. The zero-order valence-electron chi connectivity index (χ0n) is 11.2. The molecule has 0 unspecified atom stereocenters.